The number of hydrogen-bond donors (Lipinski definition) is 1. The average molecular weight is 355 g/mol. The number of rotatable bonds is 2. The topological polar surface area (TPSA) is 47.0 Å². The lowest BCUT2D eigenvalue weighted by Crippen LogP contribution is -2.12. The quantitative estimate of drug-likeness (QED) is 0.877. The van der Waals surface area contributed by atoms with E-state index >= 15 is 0 Å². The van der Waals surface area contributed by atoms with Gasteiger partial charge in [-0.1, -0.05) is 17.7 Å². The predicted octanol–water partition coefficient (Wildman–Crippen LogP) is 4.22. The second-order valence-electron chi connectivity index (χ2n) is 4.59. The van der Waals surface area contributed by atoms with Crippen LogP contribution in [-0.2, 0) is 0 Å². The van der Waals surface area contributed by atoms with Crippen LogP contribution >= 0.6 is 27.5 Å². The molecule has 0 spiro atoms. The van der Waals surface area contributed by atoms with Crippen molar-refractivity contribution in [1.82, 2.24) is 9.97 Å². The van der Waals surface area contributed by atoms with E-state index in [4.69, 9.17) is 16.3 Å². The summed E-state index contributed by atoms with van der Waals surface area (Å²) >= 11 is 9.35. The highest BCUT2D eigenvalue weighted by Crippen LogP contribution is 2.35. The molecule has 104 valence electrons. The van der Waals surface area contributed by atoms with Gasteiger partial charge in [-0.15, -0.1) is 0 Å². The van der Waals surface area contributed by atoms with Crippen LogP contribution in [0.25, 0.3) is 0 Å². The van der Waals surface area contributed by atoms with Crippen molar-refractivity contribution in [1.29, 1.82) is 0 Å². The largest absolute Gasteiger partial charge is 0.493 e. The minimum atomic E-state index is 0.131. The molecular formula is C14H13BrClN3O. The summed E-state index contributed by atoms with van der Waals surface area (Å²) in [7, 11) is 0. The van der Waals surface area contributed by atoms with Gasteiger partial charge in [0.1, 0.15) is 5.75 Å². The van der Waals surface area contributed by atoms with Gasteiger partial charge in [0.05, 0.1) is 17.1 Å². The van der Waals surface area contributed by atoms with E-state index in [2.05, 4.69) is 31.2 Å². The van der Waals surface area contributed by atoms with Crippen molar-refractivity contribution < 1.29 is 4.74 Å². The molecule has 0 saturated carbocycles. The molecule has 1 aromatic carbocycles. The summed E-state index contributed by atoms with van der Waals surface area (Å²) < 4.78 is 6.60. The summed E-state index contributed by atoms with van der Waals surface area (Å²) in [4.78, 5) is 8.51. The molecule has 0 saturated heterocycles. The van der Waals surface area contributed by atoms with E-state index in [1.165, 1.54) is 0 Å². The van der Waals surface area contributed by atoms with E-state index in [9.17, 15) is 0 Å². The molecule has 0 amide bonds. The molecule has 0 radical (unpaired) electrons. The van der Waals surface area contributed by atoms with Crippen LogP contribution in [0.4, 0.5) is 5.95 Å². The lowest BCUT2D eigenvalue weighted by atomic mass is 10.0. The van der Waals surface area contributed by atoms with Gasteiger partial charge in [-0.3, -0.25) is 0 Å². The van der Waals surface area contributed by atoms with E-state index < -0.39 is 0 Å². The van der Waals surface area contributed by atoms with Crippen LogP contribution in [-0.4, -0.2) is 16.6 Å². The van der Waals surface area contributed by atoms with Crippen molar-refractivity contribution in [2.75, 3.05) is 11.9 Å². The maximum Gasteiger partial charge on any atom is 0.223 e. The molecule has 1 atom stereocenters. The van der Waals surface area contributed by atoms with Gasteiger partial charge in [0.25, 0.3) is 0 Å². The van der Waals surface area contributed by atoms with Crippen LogP contribution < -0.4 is 10.1 Å². The second-order valence-corrected chi connectivity index (χ2v) is 5.95. The zero-order chi connectivity index (χ0) is 13.9. The number of aromatic nitrogens is 2. The maximum atomic E-state index is 6.02. The Labute approximate surface area is 130 Å². The lowest BCUT2D eigenvalue weighted by molar-refractivity contribution is 0.316. The molecular weight excluding hydrogens is 342 g/mol. The van der Waals surface area contributed by atoms with Gasteiger partial charge in [0.15, 0.2) is 0 Å². The summed E-state index contributed by atoms with van der Waals surface area (Å²) in [6.07, 6.45) is 5.39. The average Bonchev–Trinajstić information content (AvgIpc) is 2.63. The molecule has 1 unspecified atom stereocenters. The molecule has 3 rings (SSSR count). The fraction of sp³-hybridized carbons (Fsp3) is 0.286. The number of benzene rings is 1. The van der Waals surface area contributed by atoms with Crippen LogP contribution in [0.2, 0.25) is 5.02 Å². The monoisotopic (exact) mass is 353 g/mol. The second kappa shape index (κ2) is 5.97. The lowest BCUT2D eigenvalue weighted by Gasteiger charge is -2.18. The van der Waals surface area contributed by atoms with Crippen molar-refractivity contribution in [3.8, 4) is 5.75 Å². The summed E-state index contributed by atoms with van der Waals surface area (Å²) in [6.45, 7) is 0.701. The van der Waals surface area contributed by atoms with Crippen LogP contribution in [0.3, 0.4) is 0 Å². The maximum absolute atomic E-state index is 6.02. The Morgan fingerprint density at radius 3 is 2.90 bits per heavy atom. The Hall–Kier alpha value is -1.33. The molecule has 0 aliphatic carbocycles. The molecule has 1 N–H and O–H groups in total. The summed E-state index contributed by atoms with van der Waals surface area (Å²) in [5.74, 6) is 1.45. The van der Waals surface area contributed by atoms with E-state index in [1.807, 2.05) is 18.2 Å². The number of fused-ring (bicyclic) bond motifs is 1. The first-order valence-electron chi connectivity index (χ1n) is 6.39. The summed E-state index contributed by atoms with van der Waals surface area (Å²) in [5, 5.41) is 4.04. The van der Waals surface area contributed by atoms with Crippen molar-refractivity contribution in [2.24, 2.45) is 0 Å². The molecule has 0 fully saturated rings. The first kappa shape index (κ1) is 13.6. The van der Waals surface area contributed by atoms with Crippen molar-refractivity contribution in [2.45, 2.75) is 18.9 Å². The molecule has 1 aromatic heterocycles. The molecule has 1 aliphatic rings. The van der Waals surface area contributed by atoms with Gasteiger partial charge < -0.3 is 10.1 Å². The Balaban J connectivity index is 1.88. The Bertz CT molecular complexity index is 606. The Morgan fingerprint density at radius 2 is 2.10 bits per heavy atom. The van der Waals surface area contributed by atoms with Gasteiger partial charge in [0, 0.05) is 23.0 Å². The van der Waals surface area contributed by atoms with Gasteiger partial charge in [-0.25, -0.2) is 9.97 Å². The number of nitrogens with zero attached hydrogens (tertiary/aromatic N) is 2. The Kier molecular flexibility index (Phi) is 4.08. The molecule has 0 bridgehead atoms. The molecule has 1 aliphatic heterocycles. The number of anilines is 1. The molecule has 4 nitrogen and oxygen atoms in total. The van der Waals surface area contributed by atoms with Crippen LogP contribution in [0, 0.1) is 0 Å². The highest BCUT2D eigenvalue weighted by atomic mass is 79.9. The van der Waals surface area contributed by atoms with E-state index in [1.54, 1.807) is 12.4 Å². The minimum absolute atomic E-state index is 0.131. The van der Waals surface area contributed by atoms with Crippen LogP contribution in [0.5, 0.6) is 5.75 Å². The third-order valence-corrected chi connectivity index (χ3v) is 3.81. The Morgan fingerprint density at radius 1 is 1.30 bits per heavy atom. The number of hydrogen-bond acceptors (Lipinski definition) is 4. The number of halogens is 2. The van der Waals surface area contributed by atoms with Crippen LogP contribution in [0.1, 0.15) is 24.4 Å². The SMILES string of the molecule is Clc1ccc2c(c1)OCCCC2Nc1ncc(Br)cn1. The zero-order valence-corrected chi connectivity index (χ0v) is 13.0. The van der Waals surface area contributed by atoms with Gasteiger partial charge in [-0.05, 0) is 40.9 Å². The van der Waals surface area contributed by atoms with Crippen molar-refractivity contribution >= 4 is 33.5 Å². The summed E-state index contributed by atoms with van der Waals surface area (Å²) in [6, 6.07) is 5.87. The van der Waals surface area contributed by atoms with Crippen molar-refractivity contribution in [3.63, 3.8) is 0 Å². The standard InChI is InChI=1S/C14H13BrClN3O/c15-9-7-17-14(18-8-9)19-12-2-1-5-20-13-6-10(16)3-4-11(12)13/h3-4,6-8,12H,1-2,5H2,(H,17,18,19). The van der Waals surface area contributed by atoms with Gasteiger partial charge in [-0.2, -0.15) is 0 Å². The first-order valence-corrected chi connectivity index (χ1v) is 7.56. The molecule has 20 heavy (non-hydrogen) atoms. The highest BCUT2D eigenvalue weighted by Gasteiger charge is 2.20. The zero-order valence-electron chi connectivity index (χ0n) is 10.6. The smallest absolute Gasteiger partial charge is 0.223 e. The molecule has 2 aromatic rings. The van der Waals surface area contributed by atoms with E-state index in [-0.39, 0.29) is 6.04 Å². The molecule has 2 heterocycles. The van der Waals surface area contributed by atoms with E-state index in [0.717, 1.165) is 28.6 Å². The number of nitrogens with one attached hydrogen (secondary N) is 1. The highest BCUT2D eigenvalue weighted by molar-refractivity contribution is 9.10. The fourth-order valence-electron chi connectivity index (χ4n) is 2.24. The number of ether oxygens (including phenoxy) is 1. The minimum Gasteiger partial charge on any atom is -0.493 e. The third-order valence-electron chi connectivity index (χ3n) is 3.17. The first-order chi connectivity index (χ1) is 9.72. The van der Waals surface area contributed by atoms with Crippen LogP contribution in [0.15, 0.2) is 35.1 Å². The predicted molar refractivity (Wildman–Crippen MR) is 82.3 cm³/mol. The third kappa shape index (κ3) is 3.04. The molecule has 6 heteroatoms. The fourth-order valence-corrected chi connectivity index (χ4v) is 2.61. The van der Waals surface area contributed by atoms with Crippen molar-refractivity contribution in [3.05, 3.63) is 45.7 Å². The van der Waals surface area contributed by atoms with Gasteiger partial charge in [0.2, 0.25) is 5.95 Å². The summed E-state index contributed by atoms with van der Waals surface area (Å²) in [5.41, 5.74) is 1.10. The van der Waals surface area contributed by atoms with Gasteiger partial charge >= 0.3 is 0 Å². The normalized spacial score (nSPS) is 17.8. The van der Waals surface area contributed by atoms with E-state index in [0.29, 0.717) is 17.6 Å².